The first-order chi connectivity index (χ1) is 6.33. The summed E-state index contributed by atoms with van der Waals surface area (Å²) in [6.45, 7) is 3.99. The van der Waals surface area contributed by atoms with E-state index >= 15 is 0 Å². The Morgan fingerprint density at radius 3 is 2.62 bits per heavy atom. The first kappa shape index (κ1) is 11.0. The second-order valence-electron chi connectivity index (χ2n) is 4.23. The van der Waals surface area contributed by atoms with Gasteiger partial charge < -0.3 is 10.1 Å². The van der Waals surface area contributed by atoms with E-state index < -0.39 is 0 Å². The van der Waals surface area contributed by atoms with Crippen LogP contribution >= 0.6 is 0 Å². The van der Waals surface area contributed by atoms with Crippen molar-refractivity contribution >= 4 is 0 Å². The molecule has 0 heterocycles. The van der Waals surface area contributed by atoms with Gasteiger partial charge >= 0.3 is 0 Å². The maximum atomic E-state index is 5.66. The van der Waals surface area contributed by atoms with Gasteiger partial charge in [0.15, 0.2) is 0 Å². The molecule has 1 unspecified atom stereocenters. The molecular formula is C11H23NO. The monoisotopic (exact) mass is 185 g/mol. The number of nitrogens with one attached hydrogen (secondary N) is 1. The minimum Gasteiger partial charge on any atom is -0.380 e. The Balaban J connectivity index is 1.98. The maximum Gasteiger partial charge on any atom is 0.0616 e. The van der Waals surface area contributed by atoms with Crippen molar-refractivity contribution < 1.29 is 4.74 Å². The smallest absolute Gasteiger partial charge is 0.0616 e. The van der Waals surface area contributed by atoms with Crippen molar-refractivity contribution in [2.75, 3.05) is 20.3 Å². The molecule has 13 heavy (non-hydrogen) atoms. The van der Waals surface area contributed by atoms with Gasteiger partial charge in [-0.3, -0.25) is 0 Å². The third-order valence-electron chi connectivity index (χ3n) is 2.94. The van der Waals surface area contributed by atoms with Crippen molar-refractivity contribution in [3.63, 3.8) is 0 Å². The van der Waals surface area contributed by atoms with Gasteiger partial charge in [0, 0.05) is 12.6 Å². The van der Waals surface area contributed by atoms with Crippen molar-refractivity contribution in [1.29, 1.82) is 0 Å². The Morgan fingerprint density at radius 1 is 1.31 bits per heavy atom. The van der Waals surface area contributed by atoms with E-state index in [0.29, 0.717) is 6.04 Å². The lowest BCUT2D eigenvalue weighted by molar-refractivity contribution is 0.0738. The van der Waals surface area contributed by atoms with Crippen LogP contribution in [0.1, 0.15) is 39.0 Å². The van der Waals surface area contributed by atoms with Crippen LogP contribution in [0.25, 0.3) is 0 Å². The summed E-state index contributed by atoms with van der Waals surface area (Å²) in [5.74, 6) is 0.845. The number of rotatable bonds is 5. The number of likely N-dealkylation sites (N-methyl/N-ethyl adjacent to an activating group) is 1. The Hall–Kier alpha value is -0.0800. The molecule has 0 saturated heterocycles. The minimum absolute atomic E-state index is 0.489. The zero-order chi connectivity index (χ0) is 9.52. The highest BCUT2D eigenvalue weighted by Crippen LogP contribution is 2.23. The van der Waals surface area contributed by atoms with E-state index in [0.717, 1.165) is 19.1 Å². The number of ether oxygens (including phenoxy) is 1. The van der Waals surface area contributed by atoms with E-state index in [1.807, 2.05) is 7.05 Å². The second kappa shape index (κ2) is 6.39. The summed E-state index contributed by atoms with van der Waals surface area (Å²) in [4.78, 5) is 0. The standard InChI is InChI=1S/C11H23NO/c1-10(12-2)8-13-9-11-6-4-3-5-7-11/h10-12H,3-9H2,1-2H3. The molecule has 1 saturated carbocycles. The summed E-state index contributed by atoms with van der Waals surface area (Å²) < 4.78 is 5.66. The van der Waals surface area contributed by atoms with Gasteiger partial charge in [-0.25, -0.2) is 0 Å². The summed E-state index contributed by atoms with van der Waals surface area (Å²) in [6, 6.07) is 0.489. The predicted molar refractivity (Wildman–Crippen MR) is 55.9 cm³/mol. The third-order valence-corrected chi connectivity index (χ3v) is 2.94. The number of hydrogen-bond acceptors (Lipinski definition) is 2. The lowest BCUT2D eigenvalue weighted by atomic mass is 9.90. The molecule has 0 aromatic carbocycles. The van der Waals surface area contributed by atoms with Crippen LogP contribution in [0, 0.1) is 5.92 Å². The maximum absolute atomic E-state index is 5.66. The van der Waals surface area contributed by atoms with E-state index in [2.05, 4.69) is 12.2 Å². The third kappa shape index (κ3) is 4.63. The van der Waals surface area contributed by atoms with Crippen LogP contribution in [-0.2, 0) is 4.74 Å². The quantitative estimate of drug-likeness (QED) is 0.709. The molecule has 1 atom stereocenters. The van der Waals surface area contributed by atoms with Crippen LogP contribution in [0.2, 0.25) is 0 Å². The molecule has 2 nitrogen and oxygen atoms in total. The van der Waals surface area contributed by atoms with Crippen LogP contribution in [0.4, 0.5) is 0 Å². The fourth-order valence-electron chi connectivity index (χ4n) is 1.85. The summed E-state index contributed by atoms with van der Waals surface area (Å²) >= 11 is 0. The fraction of sp³-hybridized carbons (Fsp3) is 1.00. The molecule has 1 N–H and O–H groups in total. The summed E-state index contributed by atoms with van der Waals surface area (Å²) in [5, 5.41) is 3.18. The van der Waals surface area contributed by atoms with Gasteiger partial charge in [-0.05, 0) is 32.7 Å². The van der Waals surface area contributed by atoms with Gasteiger partial charge in [0.25, 0.3) is 0 Å². The largest absolute Gasteiger partial charge is 0.380 e. The molecule has 0 amide bonds. The Labute approximate surface area is 82.0 Å². The molecule has 0 aromatic heterocycles. The van der Waals surface area contributed by atoms with E-state index in [9.17, 15) is 0 Å². The van der Waals surface area contributed by atoms with Crippen LogP contribution in [-0.4, -0.2) is 26.3 Å². The van der Waals surface area contributed by atoms with E-state index in [1.165, 1.54) is 32.1 Å². The highest BCUT2D eigenvalue weighted by molar-refractivity contribution is 4.65. The van der Waals surface area contributed by atoms with Crippen molar-refractivity contribution in [1.82, 2.24) is 5.32 Å². The Morgan fingerprint density at radius 2 is 2.00 bits per heavy atom. The molecule has 1 fully saturated rings. The fourth-order valence-corrected chi connectivity index (χ4v) is 1.85. The molecule has 1 aliphatic rings. The first-order valence-corrected chi connectivity index (χ1v) is 5.58. The molecule has 1 rings (SSSR count). The second-order valence-corrected chi connectivity index (χ2v) is 4.23. The molecule has 0 spiro atoms. The first-order valence-electron chi connectivity index (χ1n) is 5.58. The van der Waals surface area contributed by atoms with Gasteiger partial charge in [0.05, 0.1) is 6.61 Å². The summed E-state index contributed by atoms with van der Waals surface area (Å²) in [7, 11) is 1.98. The Bertz CT molecular complexity index is 121. The molecule has 1 aliphatic carbocycles. The molecule has 0 aromatic rings. The van der Waals surface area contributed by atoms with Crippen LogP contribution < -0.4 is 5.32 Å². The highest BCUT2D eigenvalue weighted by atomic mass is 16.5. The van der Waals surface area contributed by atoms with E-state index in [-0.39, 0.29) is 0 Å². The molecule has 0 radical (unpaired) electrons. The zero-order valence-electron chi connectivity index (χ0n) is 9.01. The van der Waals surface area contributed by atoms with Crippen molar-refractivity contribution in [3.8, 4) is 0 Å². The van der Waals surface area contributed by atoms with E-state index in [4.69, 9.17) is 4.74 Å². The van der Waals surface area contributed by atoms with Crippen molar-refractivity contribution in [3.05, 3.63) is 0 Å². The van der Waals surface area contributed by atoms with Gasteiger partial charge in [0.2, 0.25) is 0 Å². The van der Waals surface area contributed by atoms with Crippen molar-refractivity contribution in [2.24, 2.45) is 5.92 Å². The average Bonchev–Trinajstić information content (AvgIpc) is 2.19. The van der Waals surface area contributed by atoms with Gasteiger partial charge in [0.1, 0.15) is 0 Å². The molecular weight excluding hydrogens is 162 g/mol. The van der Waals surface area contributed by atoms with Crippen molar-refractivity contribution in [2.45, 2.75) is 45.1 Å². The minimum atomic E-state index is 0.489. The molecule has 0 bridgehead atoms. The van der Waals surface area contributed by atoms with Gasteiger partial charge in [-0.15, -0.1) is 0 Å². The Kier molecular flexibility index (Phi) is 5.40. The molecule has 2 heteroatoms. The topological polar surface area (TPSA) is 21.3 Å². The van der Waals surface area contributed by atoms with Gasteiger partial charge in [-0.2, -0.15) is 0 Å². The lowest BCUT2D eigenvalue weighted by Gasteiger charge is -2.22. The van der Waals surface area contributed by atoms with Crippen LogP contribution in [0.5, 0.6) is 0 Å². The number of hydrogen-bond donors (Lipinski definition) is 1. The predicted octanol–water partition coefficient (Wildman–Crippen LogP) is 2.19. The van der Waals surface area contributed by atoms with Crippen LogP contribution in [0.3, 0.4) is 0 Å². The molecule has 0 aliphatic heterocycles. The van der Waals surface area contributed by atoms with E-state index in [1.54, 1.807) is 0 Å². The molecule has 78 valence electrons. The van der Waals surface area contributed by atoms with Crippen LogP contribution in [0.15, 0.2) is 0 Å². The summed E-state index contributed by atoms with van der Waals surface area (Å²) in [5.41, 5.74) is 0. The SMILES string of the molecule is CNC(C)COCC1CCCCC1. The zero-order valence-corrected chi connectivity index (χ0v) is 9.01. The normalized spacial score (nSPS) is 21.7. The highest BCUT2D eigenvalue weighted by Gasteiger charge is 2.13. The van der Waals surface area contributed by atoms with Gasteiger partial charge in [-0.1, -0.05) is 19.3 Å². The lowest BCUT2D eigenvalue weighted by Crippen LogP contribution is -2.28. The summed E-state index contributed by atoms with van der Waals surface area (Å²) in [6.07, 6.45) is 7.02. The average molecular weight is 185 g/mol.